The van der Waals surface area contributed by atoms with E-state index in [1.165, 1.54) is 25.3 Å². The Hall–Kier alpha value is -3.93. The Balaban J connectivity index is 1.59. The summed E-state index contributed by atoms with van der Waals surface area (Å²) in [4.78, 5) is 25.1. The molecular formula is C24H17FO5. The molecule has 3 aromatic carbocycles. The van der Waals surface area contributed by atoms with E-state index < -0.39 is 11.8 Å². The monoisotopic (exact) mass is 404 g/mol. The Bertz CT molecular complexity index is 1180. The van der Waals surface area contributed by atoms with Gasteiger partial charge in [-0.3, -0.25) is 4.79 Å². The number of allylic oxidation sites excluding steroid dienone is 1. The van der Waals surface area contributed by atoms with Crippen molar-refractivity contribution < 1.29 is 28.2 Å². The van der Waals surface area contributed by atoms with Gasteiger partial charge in [0.15, 0.2) is 5.76 Å². The van der Waals surface area contributed by atoms with E-state index in [1.807, 2.05) is 0 Å². The van der Waals surface area contributed by atoms with Crippen molar-refractivity contribution in [2.75, 3.05) is 7.11 Å². The molecule has 0 unspecified atom stereocenters. The van der Waals surface area contributed by atoms with Gasteiger partial charge in [0, 0.05) is 11.6 Å². The molecule has 0 N–H and O–H groups in total. The first-order chi connectivity index (χ1) is 14.5. The predicted octanol–water partition coefficient (Wildman–Crippen LogP) is 4.98. The molecule has 0 saturated carbocycles. The van der Waals surface area contributed by atoms with Gasteiger partial charge in [-0.25, -0.2) is 9.18 Å². The van der Waals surface area contributed by atoms with Crippen molar-refractivity contribution in [3.8, 4) is 17.2 Å². The predicted molar refractivity (Wildman–Crippen MR) is 108 cm³/mol. The van der Waals surface area contributed by atoms with Crippen LogP contribution in [0.3, 0.4) is 0 Å². The van der Waals surface area contributed by atoms with Crippen molar-refractivity contribution >= 4 is 17.8 Å². The minimum Gasteiger partial charge on any atom is -0.497 e. The van der Waals surface area contributed by atoms with E-state index in [9.17, 15) is 14.0 Å². The Morgan fingerprint density at radius 1 is 1.03 bits per heavy atom. The first-order valence-corrected chi connectivity index (χ1v) is 9.16. The standard InChI is InChI=1S/C24H17FO5/c1-14-11-18(29-24(27)15-7-9-17(28-2)10-8-15)13-20-22(14)23(26)21(30-20)12-16-5-3-4-6-19(16)25/h3-13H,1-2H3/b21-12-. The number of rotatable bonds is 4. The molecule has 1 heterocycles. The molecule has 5 nitrogen and oxygen atoms in total. The van der Waals surface area contributed by atoms with Crippen molar-refractivity contribution in [1.29, 1.82) is 0 Å². The van der Waals surface area contributed by atoms with E-state index in [-0.39, 0.29) is 28.6 Å². The van der Waals surface area contributed by atoms with E-state index in [0.29, 0.717) is 22.4 Å². The van der Waals surface area contributed by atoms with Crippen LogP contribution in [0.5, 0.6) is 17.2 Å². The van der Waals surface area contributed by atoms with Crippen LogP contribution in [0, 0.1) is 12.7 Å². The van der Waals surface area contributed by atoms with E-state index >= 15 is 0 Å². The third kappa shape index (κ3) is 3.67. The van der Waals surface area contributed by atoms with Crippen molar-refractivity contribution in [3.05, 3.63) is 94.5 Å². The number of halogens is 1. The van der Waals surface area contributed by atoms with Gasteiger partial charge in [0.25, 0.3) is 0 Å². The van der Waals surface area contributed by atoms with Gasteiger partial charge in [0.2, 0.25) is 5.78 Å². The molecule has 4 rings (SSSR count). The van der Waals surface area contributed by atoms with Crippen molar-refractivity contribution in [1.82, 2.24) is 0 Å². The molecule has 0 aliphatic carbocycles. The number of aryl methyl sites for hydroxylation is 1. The summed E-state index contributed by atoms with van der Waals surface area (Å²) in [5, 5.41) is 0. The Morgan fingerprint density at radius 2 is 1.77 bits per heavy atom. The number of hydrogen-bond acceptors (Lipinski definition) is 5. The lowest BCUT2D eigenvalue weighted by Crippen LogP contribution is -2.08. The number of Topliss-reactive ketones (excluding diaryl/α,β-unsaturated/α-hetero) is 1. The van der Waals surface area contributed by atoms with Gasteiger partial charge < -0.3 is 14.2 Å². The van der Waals surface area contributed by atoms with Crippen molar-refractivity contribution in [2.24, 2.45) is 0 Å². The van der Waals surface area contributed by atoms with E-state index in [2.05, 4.69) is 0 Å². The molecule has 30 heavy (non-hydrogen) atoms. The first kappa shape index (κ1) is 19.4. The molecule has 0 atom stereocenters. The minimum atomic E-state index is -0.552. The van der Waals surface area contributed by atoms with E-state index in [4.69, 9.17) is 14.2 Å². The second kappa shape index (κ2) is 7.83. The number of fused-ring (bicyclic) bond motifs is 1. The molecule has 1 aliphatic rings. The maximum atomic E-state index is 13.9. The molecule has 0 saturated heterocycles. The Kier molecular flexibility index (Phi) is 5.06. The number of ketones is 1. The topological polar surface area (TPSA) is 61.8 Å². The summed E-state index contributed by atoms with van der Waals surface area (Å²) in [6.07, 6.45) is 1.36. The molecular weight excluding hydrogens is 387 g/mol. The zero-order valence-corrected chi connectivity index (χ0v) is 16.3. The van der Waals surface area contributed by atoms with Gasteiger partial charge in [-0.1, -0.05) is 18.2 Å². The average Bonchev–Trinajstić information content (AvgIpc) is 3.05. The van der Waals surface area contributed by atoms with E-state index in [0.717, 1.165) is 0 Å². The lowest BCUT2D eigenvalue weighted by molar-refractivity contribution is 0.0734. The lowest BCUT2D eigenvalue weighted by atomic mass is 10.0. The van der Waals surface area contributed by atoms with Crippen LogP contribution in [0.1, 0.15) is 31.8 Å². The second-order valence-electron chi connectivity index (χ2n) is 6.69. The smallest absolute Gasteiger partial charge is 0.343 e. The molecule has 150 valence electrons. The molecule has 0 spiro atoms. The summed E-state index contributed by atoms with van der Waals surface area (Å²) in [6.45, 7) is 1.72. The van der Waals surface area contributed by atoms with E-state index in [1.54, 1.807) is 55.5 Å². The number of carbonyl (C=O) groups excluding carboxylic acids is 2. The fourth-order valence-corrected chi connectivity index (χ4v) is 3.16. The zero-order valence-electron chi connectivity index (χ0n) is 16.3. The highest BCUT2D eigenvalue weighted by Gasteiger charge is 2.30. The van der Waals surface area contributed by atoms with Crippen LogP contribution >= 0.6 is 0 Å². The maximum absolute atomic E-state index is 13.9. The third-order valence-electron chi connectivity index (χ3n) is 4.67. The number of ether oxygens (including phenoxy) is 3. The van der Waals surface area contributed by atoms with Gasteiger partial charge in [0.05, 0.1) is 18.2 Å². The number of hydrogen-bond donors (Lipinski definition) is 0. The fourth-order valence-electron chi connectivity index (χ4n) is 3.16. The first-order valence-electron chi connectivity index (χ1n) is 9.16. The van der Waals surface area contributed by atoms with Gasteiger partial charge in [-0.05, 0) is 55.0 Å². The van der Waals surface area contributed by atoms with Crippen LogP contribution in [0.4, 0.5) is 4.39 Å². The van der Waals surface area contributed by atoms with Crippen LogP contribution < -0.4 is 14.2 Å². The van der Waals surface area contributed by atoms with Gasteiger partial charge in [-0.15, -0.1) is 0 Å². The number of benzene rings is 3. The highest BCUT2D eigenvalue weighted by Crippen LogP contribution is 2.37. The molecule has 0 bridgehead atoms. The number of carbonyl (C=O) groups is 2. The minimum absolute atomic E-state index is 0.0110. The second-order valence-corrected chi connectivity index (χ2v) is 6.69. The number of methoxy groups -OCH3 is 1. The fraction of sp³-hybridized carbons (Fsp3) is 0.0833. The molecule has 3 aromatic rings. The summed E-state index contributed by atoms with van der Waals surface area (Å²) in [5.41, 5.74) is 1.55. The van der Waals surface area contributed by atoms with Crippen LogP contribution in [0.25, 0.3) is 6.08 Å². The molecule has 0 amide bonds. The summed E-state index contributed by atoms with van der Waals surface area (Å²) >= 11 is 0. The van der Waals surface area contributed by atoms with Crippen LogP contribution in [0.2, 0.25) is 0 Å². The van der Waals surface area contributed by atoms with Gasteiger partial charge in [0.1, 0.15) is 23.1 Å². The highest BCUT2D eigenvalue weighted by atomic mass is 19.1. The van der Waals surface area contributed by atoms with Crippen LogP contribution in [0.15, 0.2) is 66.4 Å². The van der Waals surface area contributed by atoms with Crippen LogP contribution in [-0.4, -0.2) is 18.9 Å². The van der Waals surface area contributed by atoms with Gasteiger partial charge >= 0.3 is 5.97 Å². The van der Waals surface area contributed by atoms with Gasteiger partial charge in [-0.2, -0.15) is 0 Å². The molecule has 0 fully saturated rings. The summed E-state index contributed by atoms with van der Waals surface area (Å²) in [7, 11) is 1.54. The molecule has 6 heteroatoms. The zero-order chi connectivity index (χ0) is 21.3. The summed E-state index contributed by atoms with van der Waals surface area (Å²) < 4.78 is 30.1. The largest absolute Gasteiger partial charge is 0.497 e. The SMILES string of the molecule is COc1ccc(C(=O)Oc2cc(C)c3c(c2)O/C(=C\c2ccccc2F)C3=O)cc1. The third-order valence-corrected chi connectivity index (χ3v) is 4.67. The highest BCUT2D eigenvalue weighted by molar-refractivity contribution is 6.15. The summed E-state index contributed by atoms with van der Waals surface area (Å²) in [5.74, 6) is -0.213. The maximum Gasteiger partial charge on any atom is 0.343 e. The quantitative estimate of drug-likeness (QED) is 0.349. The Morgan fingerprint density at radius 3 is 2.47 bits per heavy atom. The van der Waals surface area contributed by atoms with Crippen molar-refractivity contribution in [2.45, 2.75) is 6.92 Å². The number of esters is 1. The average molecular weight is 404 g/mol. The van der Waals surface area contributed by atoms with Crippen LogP contribution in [-0.2, 0) is 0 Å². The normalized spacial score (nSPS) is 13.7. The molecule has 1 aliphatic heterocycles. The molecule has 0 radical (unpaired) electrons. The summed E-state index contributed by atoms with van der Waals surface area (Å²) in [6, 6.07) is 15.7. The Labute approximate surface area is 172 Å². The van der Waals surface area contributed by atoms with Crippen molar-refractivity contribution in [3.63, 3.8) is 0 Å². The molecule has 0 aromatic heterocycles. The lowest BCUT2D eigenvalue weighted by Gasteiger charge is -2.08.